The highest BCUT2D eigenvalue weighted by molar-refractivity contribution is 7.50. The molecule has 0 saturated heterocycles. The van der Waals surface area contributed by atoms with E-state index in [0.717, 1.165) is 16.7 Å². The van der Waals surface area contributed by atoms with E-state index in [1.54, 1.807) is 109 Å². The fourth-order valence-corrected chi connectivity index (χ4v) is 6.63. The van der Waals surface area contributed by atoms with Crippen molar-refractivity contribution in [2.75, 3.05) is 0 Å². The normalized spacial score (nSPS) is 10.9. The molecule has 0 radical (unpaired) electrons. The molecule has 0 aliphatic heterocycles. The molecule has 0 fully saturated rings. The summed E-state index contributed by atoms with van der Waals surface area (Å²) in [5.74, 6) is 2.46. The Bertz CT molecular complexity index is 1740. The average Bonchev–Trinajstić information content (AvgIpc) is 3.09. The number of hydrogen-bond acceptors (Lipinski definition) is 8. The quantitative estimate of drug-likeness (QED) is 0.117. The Morgan fingerprint density at radius 2 is 0.469 bits per heavy atom. The van der Waals surface area contributed by atoms with Gasteiger partial charge in [-0.05, 0) is 93.6 Å². The Hall–Kier alpha value is -5.42. The third-order valence-corrected chi connectivity index (χ3v) is 9.20. The van der Waals surface area contributed by atoms with Crippen molar-refractivity contribution in [3.63, 3.8) is 0 Å². The maximum absolute atomic E-state index is 13.3. The van der Waals surface area contributed by atoms with E-state index in [-0.39, 0.29) is 0 Å². The fraction of sp³-hybridized carbons (Fsp3) is 0.0769. The SMILES string of the molecule is Cc1ccc(OP(=O)(Oc2ccc(C)cc2)Oc2ccc(C)cc2)cc1.O=P(Oc1ccccc1)(Oc1ccccc1)Oc1ccccc1. The van der Waals surface area contributed by atoms with E-state index in [2.05, 4.69) is 0 Å². The van der Waals surface area contributed by atoms with Gasteiger partial charge in [-0.15, -0.1) is 0 Å². The Morgan fingerprint density at radius 3 is 0.673 bits per heavy atom. The lowest BCUT2D eigenvalue weighted by Gasteiger charge is -2.19. The lowest BCUT2D eigenvalue weighted by Crippen LogP contribution is -2.07. The summed E-state index contributed by atoms with van der Waals surface area (Å²) in [6.07, 6.45) is 0. The van der Waals surface area contributed by atoms with Crippen LogP contribution in [0.2, 0.25) is 0 Å². The van der Waals surface area contributed by atoms with Crippen LogP contribution in [-0.4, -0.2) is 0 Å². The van der Waals surface area contributed by atoms with Crippen LogP contribution in [0.15, 0.2) is 164 Å². The van der Waals surface area contributed by atoms with Crippen molar-refractivity contribution in [2.24, 2.45) is 0 Å². The maximum atomic E-state index is 13.3. The van der Waals surface area contributed by atoms with Crippen LogP contribution < -0.4 is 27.1 Å². The van der Waals surface area contributed by atoms with Gasteiger partial charge >= 0.3 is 15.6 Å². The Labute approximate surface area is 287 Å². The van der Waals surface area contributed by atoms with Crippen molar-refractivity contribution >= 4 is 15.6 Å². The second kappa shape index (κ2) is 16.6. The second-order valence-electron chi connectivity index (χ2n) is 10.8. The molecule has 8 nitrogen and oxygen atoms in total. The van der Waals surface area contributed by atoms with Crippen molar-refractivity contribution in [2.45, 2.75) is 20.8 Å². The molecule has 0 amide bonds. The third-order valence-electron chi connectivity index (χ3n) is 6.60. The highest BCUT2D eigenvalue weighted by Gasteiger charge is 2.34. The molecule has 6 rings (SSSR count). The molecule has 0 N–H and O–H groups in total. The fourth-order valence-electron chi connectivity index (χ4n) is 4.13. The molecule has 6 aromatic rings. The maximum Gasteiger partial charge on any atom is 0.647 e. The standard InChI is InChI=1S/C21H21O4P.C18H15O4P/c1-16-4-10-19(11-5-16)23-26(22,24-20-12-6-17(2)7-13-20)25-21-14-8-18(3)9-15-21;19-23(20-16-10-4-1-5-11-16,21-17-12-6-2-7-13-17)22-18-14-8-3-9-15-18/h4-15H,1-3H3;1-15H. The number of phosphoric acid groups is 2. The van der Waals surface area contributed by atoms with Crippen LogP contribution >= 0.6 is 15.6 Å². The van der Waals surface area contributed by atoms with Crippen molar-refractivity contribution in [1.29, 1.82) is 0 Å². The van der Waals surface area contributed by atoms with Crippen LogP contribution in [0, 0.1) is 20.8 Å². The van der Waals surface area contributed by atoms with Crippen molar-refractivity contribution in [1.82, 2.24) is 0 Å². The number of para-hydroxylation sites is 3. The predicted octanol–water partition coefficient (Wildman–Crippen LogP) is 11.6. The van der Waals surface area contributed by atoms with Crippen molar-refractivity contribution in [3.8, 4) is 34.5 Å². The van der Waals surface area contributed by atoms with Gasteiger partial charge in [0.15, 0.2) is 0 Å². The minimum atomic E-state index is -3.93. The highest BCUT2D eigenvalue weighted by atomic mass is 31.2. The molecule has 0 aliphatic carbocycles. The minimum absolute atomic E-state index is 0.405. The number of aryl methyl sites for hydroxylation is 3. The van der Waals surface area contributed by atoms with Gasteiger partial charge in [-0.1, -0.05) is 108 Å². The molecule has 10 heteroatoms. The minimum Gasteiger partial charge on any atom is -0.386 e. The summed E-state index contributed by atoms with van der Waals surface area (Å²) < 4.78 is 59.8. The van der Waals surface area contributed by atoms with E-state index in [4.69, 9.17) is 27.1 Å². The molecule has 0 atom stereocenters. The molecule has 0 saturated carbocycles. The Balaban J connectivity index is 0.000000192. The molecule has 6 aromatic carbocycles. The van der Waals surface area contributed by atoms with Gasteiger partial charge in [0.25, 0.3) is 0 Å². The van der Waals surface area contributed by atoms with E-state index in [1.165, 1.54) is 0 Å². The number of rotatable bonds is 12. The summed E-state index contributed by atoms with van der Waals surface area (Å²) >= 11 is 0. The van der Waals surface area contributed by atoms with Gasteiger partial charge in [0.2, 0.25) is 0 Å². The van der Waals surface area contributed by atoms with E-state index in [0.29, 0.717) is 34.5 Å². The summed E-state index contributed by atoms with van der Waals surface area (Å²) in [4.78, 5) is 0. The van der Waals surface area contributed by atoms with Crippen LogP contribution in [0.1, 0.15) is 16.7 Å². The third kappa shape index (κ3) is 11.4. The van der Waals surface area contributed by atoms with Gasteiger partial charge in [-0.3, -0.25) is 0 Å². The highest BCUT2D eigenvalue weighted by Crippen LogP contribution is 2.51. The zero-order chi connectivity index (χ0) is 34.5. The van der Waals surface area contributed by atoms with Crippen molar-refractivity contribution in [3.05, 3.63) is 180 Å². The van der Waals surface area contributed by atoms with E-state index in [9.17, 15) is 9.13 Å². The first-order valence-corrected chi connectivity index (χ1v) is 18.3. The molecule has 0 heterocycles. The molecule has 0 bridgehead atoms. The van der Waals surface area contributed by atoms with Crippen LogP contribution in [0.3, 0.4) is 0 Å². The summed E-state index contributed by atoms with van der Waals surface area (Å²) in [5, 5.41) is 0. The lowest BCUT2D eigenvalue weighted by molar-refractivity contribution is 0.296. The molecule has 49 heavy (non-hydrogen) atoms. The number of benzene rings is 6. The summed E-state index contributed by atoms with van der Waals surface area (Å²) in [6.45, 7) is 5.90. The zero-order valence-electron chi connectivity index (χ0n) is 27.2. The molecule has 0 unspecified atom stereocenters. The number of phosphoric ester groups is 2. The van der Waals surface area contributed by atoms with Crippen molar-refractivity contribution < 1.29 is 36.3 Å². The first-order chi connectivity index (χ1) is 23.7. The summed E-state index contributed by atoms with van der Waals surface area (Å²) in [5.41, 5.74) is 3.23. The number of hydrogen-bond donors (Lipinski definition) is 0. The average molecular weight is 695 g/mol. The molecular weight excluding hydrogens is 658 g/mol. The van der Waals surface area contributed by atoms with Gasteiger partial charge in [0.05, 0.1) is 0 Å². The molecule has 250 valence electrons. The van der Waals surface area contributed by atoms with Crippen LogP contribution in [0.5, 0.6) is 34.5 Å². The van der Waals surface area contributed by atoms with Crippen LogP contribution in [-0.2, 0) is 9.13 Å². The largest absolute Gasteiger partial charge is 0.647 e. The van der Waals surface area contributed by atoms with Gasteiger partial charge in [-0.2, -0.15) is 9.13 Å². The molecular formula is C39H36O8P2. The lowest BCUT2D eigenvalue weighted by atomic mass is 10.2. The Kier molecular flexibility index (Phi) is 11.8. The first-order valence-electron chi connectivity index (χ1n) is 15.4. The van der Waals surface area contributed by atoms with Crippen LogP contribution in [0.25, 0.3) is 0 Å². The summed E-state index contributed by atoms with van der Waals surface area (Å²) in [7, 11) is -7.82. The van der Waals surface area contributed by atoms with E-state index >= 15 is 0 Å². The topological polar surface area (TPSA) is 89.5 Å². The van der Waals surface area contributed by atoms with Gasteiger partial charge < -0.3 is 27.1 Å². The van der Waals surface area contributed by atoms with E-state index in [1.807, 2.05) is 75.4 Å². The van der Waals surface area contributed by atoms with Gasteiger partial charge in [0.1, 0.15) is 34.5 Å². The second-order valence-corrected chi connectivity index (χ2v) is 13.7. The summed E-state index contributed by atoms with van der Waals surface area (Å²) in [6, 6.07) is 48.0. The smallest absolute Gasteiger partial charge is 0.386 e. The van der Waals surface area contributed by atoms with Crippen LogP contribution in [0.4, 0.5) is 0 Å². The monoisotopic (exact) mass is 694 g/mol. The first kappa shape index (κ1) is 34.9. The predicted molar refractivity (Wildman–Crippen MR) is 192 cm³/mol. The van der Waals surface area contributed by atoms with Gasteiger partial charge in [0, 0.05) is 0 Å². The Morgan fingerprint density at radius 1 is 0.286 bits per heavy atom. The molecule has 0 aromatic heterocycles. The zero-order valence-corrected chi connectivity index (χ0v) is 29.0. The van der Waals surface area contributed by atoms with Gasteiger partial charge in [-0.25, -0.2) is 0 Å². The molecule has 0 aliphatic rings. The van der Waals surface area contributed by atoms with E-state index < -0.39 is 15.6 Å². The molecule has 0 spiro atoms.